The van der Waals surface area contributed by atoms with E-state index in [1.165, 1.54) is 24.3 Å². The Morgan fingerprint density at radius 1 is 1.20 bits per heavy atom. The zero-order valence-electron chi connectivity index (χ0n) is 10.3. The molecule has 2 aromatic carbocycles. The summed E-state index contributed by atoms with van der Waals surface area (Å²) in [6, 6.07) is 6.40. The first-order valence-electron chi connectivity index (χ1n) is 5.60. The fourth-order valence-electron chi connectivity index (χ4n) is 1.64. The third kappa shape index (κ3) is 3.16. The SMILES string of the molecule is Cc1cc(F)c(Br)cc1NC(=O)c1cc(Cl)ccc1F. The summed E-state index contributed by atoms with van der Waals surface area (Å²) >= 11 is 8.77. The van der Waals surface area contributed by atoms with Crippen LogP contribution in [-0.4, -0.2) is 5.91 Å². The molecule has 0 atom stereocenters. The van der Waals surface area contributed by atoms with Gasteiger partial charge in [0.2, 0.25) is 0 Å². The number of benzene rings is 2. The van der Waals surface area contributed by atoms with Crippen LogP contribution in [0.5, 0.6) is 0 Å². The number of aryl methyl sites for hydroxylation is 1. The summed E-state index contributed by atoms with van der Waals surface area (Å²) in [6.07, 6.45) is 0. The molecule has 20 heavy (non-hydrogen) atoms. The van der Waals surface area contributed by atoms with Gasteiger partial charge in [-0.2, -0.15) is 0 Å². The number of hydrogen-bond donors (Lipinski definition) is 1. The van der Waals surface area contributed by atoms with Gasteiger partial charge in [0.05, 0.1) is 10.0 Å². The lowest BCUT2D eigenvalue weighted by atomic mass is 10.1. The van der Waals surface area contributed by atoms with E-state index in [1.54, 1.807) is 6.92 Å². The third-order valence-electron chi connectivity index (χ3n) is 2.69. The van der Waals surface area contributed by atoms with Gasteiger partial charge in [-0.3, -0.25) is 4.79 Å². The molecule has 0 aliphatic carbocycles. The van der Waals surface area contributed by atoms with Crippen LogP contribution >= 0.6 is 27.5 Å². The molecule has 0 heterocycles. The fourth-order valence-corrected chi connectivity index (χ4v) is 2.16. The second-order valence-electron chi connectivity index (χ2n) is 4.16. The predicted molar refractivity (Wildman–Crippen MR) is 78.2 cm³/mol. The lowest BCUT2D eigenvalue weighted by Gasteiger charge is -2.10. The molecule has 0 radical (unpaired) electrons. The largest absolute Gasteiger partial charge is 0.322 e. The molecule has 2 nitrogen and oxygen atoms in total. The van der Waals surface area contributed by atoms with Crippen LogP contribution < -0.4 is 5.32 Å². The molecule has 0 unspecified atom stereocenters. The van der Waals surface area contributed by atoms with Gasteiger partial charge >= 0.3 is 0 Å². The number of carbonyl (C=O) groups is 1. The number of carbonyl (C=O) groups excluding carboxylic acids is 1. The normalized spacial score (nSPS) is 10.4. The standard InChI is InChI=1S/C14H9BrClF2NO/c1-7-4-12(18)10(15)6-13(7)19-14(20)9-5-8(16)2-3-11(9)17/h2-6H,1H3,(H,19,20). The van der Waals surface area contributed by atoms with Crippen molar-refractivity contribution in [1.29, 1.82) is 0 Å². The highest BCUT2D eigenvalue weighted by molar-refractivity contribution is 9.10. The second-order valence-corrected chi connectivity index (χ2v) is 5.45. The molecular formula is C14H9BrClF2NO. The van der Waals surface area contributed by atoms with E-state index in [1.807, 2.05) is 0 Å². The molecule has 0 bridgehead atoms. The Bertz CT molecular complexity index is 691. The highest BCUT2D eigenvalue weighted by Crippen LogP contribution is 2.25. The van der Waals surface area contributed by atoms with Crippen LogP contribution in [0.3, 0.4) is 0 Å². The maximum atomic E-state index is 13.6. The third-order valence-corrected chi connectivity index (χ3v) is 3.53. The minimum absolute atomic E-state index is 0.169. The Morgan fingerprint density at radius 3 is 2.60 bits per heavy atom. The molecule has 2 rings (SSSR count). The number of halogens is 4. The number of rotatable bonds is 2. The lowest BCUT2D eigenvalue weighted by molar-refractivity contribution is 0.102. The quantitative estimate of drug-likeness (QED) is 0.807. The average molecular weight is 361 g/mol. The predicted octanol–water partition coefficient (Wildman–Crippen LogP) is 4.94. The van der Waals surface area contributed by atoms with E-state index in [-0.39, 0.29) is 15.1 Å². The van der Waals surface area contributed by atoms with Crippen molar-refractivity contribution in [3.8, 4) is 0 Å². The molecule has 1 amide bonds. The minimum atomic E-state index is -0.675. The van der Waals surface area contributed by atoms with Gasteiger partial charge in [0, 0.05) is 10.7 Å². The number of nitrogens with one attached hydrogen (secondary N) is 1. The Labute approximate surface area is 127 Å². The molecule has 6 heteroatoms. The van der Waals surface area contributed by atoms with Gasteiger partial charge in [0.25, 0.3) is 5.91 Å². The summed E-state index contributed by atoms with van der Waals surface area (Å²) in [5, 5.41) is 2.79. The Morgan fingerprint density at radius 2 is 1.90 bits per heavy atom. The molecule has 0 saturated heterocycles. The van der Waals surface area contributed by atoms with Crippen molar-refractivity contribution in [2.24, 2.45) is 0 Å². The van der Waals surface area contributed by atoms with Crippen molar-refractivity contribution in [3.63, 3.8) is 0 Å². The van der Waals surface area contributed by atoms with E-state index >= 15 is 0 Å². The fraction of sp³-hybridized carbons (Fsp3) is 0.0714. The van der Waals surface area contributed by atoms with Crippen molar-refractivity contribution in [3.05, 3.63) is 62.6 Å². The van der Waals surface area contributed by atoms with Gasteiger partial charge in [-0.25, -0.2) is 8.78 Å². The Kier molecular flexibility index (Phi) is 4.40. The molecule has 104 valence electrons. The first-order valence-corrected chi connectivity index (χ1v) is 6.77. The van der Waals surface area contributed by atoms with Crippen LogP contribution in [0, 0.1) is 18.6 Å². The molecule has 0 aliphatic heterocycles. The van der Waals surface area contributed by atoms with E-state index < -0.39 is 17.5 Å². The van der Waals surface area contributed by atoms with E-state index in [4.69, 9.17) is 11.6 Å². The van der Waals surface area contributed by atoms with Crippen LogP contribution in [0.15, 0.2) is 34.8 Å². The van der Waals surface area contributed by atoms with Crippen LogP contribution in [0.4, 0.5) is 14.5 Å². The average Bonchev–Trinajstić information content (AvgIpc) is 2.38. The number of anilines is 1. The van der Waals surface area contributed by atoms with Gasteiger partial charge in [0.1, 0.15) is 11.6 Å². The van der Waals surface area contributed by atoms with E-state index in [2.05, 4.69) is 21.2 Å². The molecule has 0 fully saturated rings. The lowest BCUT2D eigenvalue weighted by Crippen LogP contribution is -2.14. The summed E-state index contributed by atoms with van der Waals surface area (Å²) in [5.74, 6) is -1.76. The number of amides is 1. The van der Waals surface area contributed by atoms with Gasteiger partial charge in [-0.05, 0) is 58.7 Å². The van der Waals surface area contributed by atoms with Gasteiger partial charge in [0.15, 0.2) is 0 Å². The first-order chi connectivity index (χ1) is 9.38. The second kappa shape index (κ2) is 5.89. The highest BCUT2D eigenvalue weighted by Gasteiger charge is 2.14. The molecule has 0 spiro atoms. The van der Waals surface area contributed by atoms with Crippen molar-refractivity contribution in [1.82, 2.24) is 0 Å². The van der Waals surface area contributed by atoms with Gasteiger partial charge < -0.3 is 5.32 Å². The van der Waals surface area contributed by atoms with E-state index in [0.717, 1.165) is 6.07 Å². The first kappa shape index (κ1) is 14.9. The zero-order valence-corrected chi connectivity index (χ0v) is 12.6. The van der Waals surface area contributed by atoms with Crippen LogP contribution in [0.25, 0.3) is 0 Å². The highest BCUT2D eigenvalue weighted by atomic mass is 79.9. The summed E-state index contributed by atoms with van der Waals surface area (Å²) in [5.41, 5.74) is 0.751. The van der Waals surface area contributed by atoms with Crippen molar-refractivity contribution in [2.45, 2.75) is 6.92 Å². The van der Waals surface area contributed by atoms with Gasteiger partial charge in [-0.1, -0.05) is 11.6 Å². The van der Waals surface area contributed by atoms with Crippen molar-refractivity contribution < 1.29 is 13.6 Å². The Balaban J connectivity index is 2.32. The summed E-state index contributed by atoms with van der Waals surface area (Å²) in [4.78, 5) is 12.0. The molecule has 0 aromatic heterocycles. The van der Waals surface area contributed by atoms with Crippen molar-refractivity contribution in [2.75, 3.05) is 5.32 Å². The minimum Gasteiger partial charge on any atom is -0.322 e. The van der Waals surface area contributed by atoms with Crippen LogP contribution in [-0.2, 0) is 0 Å². The van der Waals surface area contributed by atoms with Crippen LogP contribution in [0.2, 0.25) is 5.02 Å². The Hall–Kier alpha value is -1.46. The summed E-state index contributed by atoms with van der Waals surface area (Å²) in [6.45, 7) is 1.64. The maximum absolute atomic E-state index is 13.6. The smallest absolute Gasteiger partial charge is 0.258 e. The molecule has 2 aromatic rings. The topological polar surface area (TPSA) is 29.1 Å². The summed E-state index contributed by atoms with van der Waals surface area (Å²) < 4.78 is 27.1. The van der Waals surface area contributed by atoms with Gasteiger partial charge in [-0.15, -0.1) is 0 Å². The number of hydrogen-bond acceptors (Lipinski definition) is 1. The van der Waals surface area contributed by atoms with Crippen LogP contribution in [0.1, 0.15) is 15.9 Å². The molecular weight excluding hydrogens is 352 g/mol. The molecule has 0 saturated carbocycles. The van der Waals surface area contributed by atoms with Crippen molar-refractivity contribution >= 4 is 39.1 Å². The van der Waals surface area contributed by atoms with E-state index in [0.29, 0.717) is 11.3 Å². The monoisotopic (exact) mass is 359 g/mol. The zero-order chi connectivity index (χ0) is 14.9. The van der Waals surface area contributed by atoms with E-state index in [9.17, 15) is 13.6 Å². The molecule has 0 aliphatic rings. The summed E-state index contributed by atoms with van der Waals surface area (Å²) in [7, 11) is 0. The molecule has 1 N–H and O–H groups in total. The maximum Gasteiger partial charge on any atom is 0.258 e.